The number of amides is 1. The van der Waals surface area contributed by atoms with Crippen LogP contribution in [0, 0.1) is 6.92 Å². The van der Waals surface area contributed by atoms with Gasteiger partial charge in [0, 0.05) is 24.1 Å². The zero-order valence-electron chi connectivity index (χ0n) is 12.2. The zero-order chi connectivity index (χ0) is 15.6. The summed E-state index contributed by atoms with van der Waals surface area (Å²) in [6.07, 6.45) is 0. The first kappa shape index (κ1) is 15.4. The molecular weight excluding hydrogens is 332 g/mol. The molecule has 0 radical (unpaired) electrons. The molecule has 1 amide bonds. The SMILES string of the molecule is Cc1cc(Oc2ccc(C(=O)N(C)C)cc2N)ccc1Br. The lowest BCUT2D eigenvalue weighted by atomic mass is 10.1. The van der Waals surface area contributed by atoms with Gasteiger partial charge in [-0.25, -0.2) is 0 Å². The largest absolute Gasteiger partial charge is 0.455 e. The molecule has 0 atom stereocenters. The number of nitrogens with two attached hydrogens (primary N) is 1. The van der Waals surface area contributed by atoms with Crippen molar-refractivity contribution in [3.63, 3.8) is 0 Å². The van der Waals surface area contributed by atoms with E-state index in [1.807, 2.05) is 25.1 Å². The molecular formula is C16H17BrN2O2. The van der Waals surface area contributed by atoms with E-state index in [9.17, 15) is 4.79 Å². The molecule has 21 heavy (non-hydrogen) atoms. The topological polar surface area (TPSA) is 55.6 Å². The molecule has 5 heteroatoms. The Balaban J connectivity index is 2.25. The second-order valence-corrected chi connectivity index (χ2v) is 5.82. The van der Waals surface area contributed by atoms with Crippen LogP contribution in [0.2, 0.25) is 0 Å². The lowest BCUT2D eigenvalue weighted by Crippen LogP contribution is -2.21. The van der Waals surface area contributed by atoms with Crippen LogP contribution in [0.25, 0.3) is 0 Å². The van der Waals surface area contributed by atoms with Crippen molar-refractivity contribution in [1.82, 2.24) is 4.90 Å². The summed E-state index contributed by atoms with van der Waals surface area (Å²) in [6, 6.07) is 10.7. The van der Waals surface area contributed by atoms with Gasteiger partial charge in [0.1, 0.15) is 11.5 Å². The molecule has 2 N–H and O–H groups in total. The molecule has 2 aromatic rings. The summed E-state index contributed by atoms with van der Waals surface area (Å²) in [5.74, 6) is 1.15. The van der Waals surface area contributed by atoms with Crippen molar-refractivity contribution in [2.75, 3.05) is 19.8 Å². The van der Waals surface area contributed by atoms with E-state index in [1.54, 1.807) is 32.3 Å². The molecule has 110 valence electrons. The number of carbonyl (C=O) groups is 1. The second kappa shape index (κ2) is 6.18. The molecule has 0 aliphatic carbocycles. The van der Waals surface area contributed by atoms with Gasteiger partial charge in [0.15, 0.2) is 0 Å². The summed E-state index contributed by atoms with van der Waals surface area (Å²) in [5, 5.41) is 0. The predicted octanol–water partition coefficient (Wildman–Crippen LogP) is 3.83. The quantitative estimate of drug-likeness (QED) is 0.857. The fourth-order valence-electron chi connectivity index (χ4n) is 1.84. The zero-order valence-corrected chi connectivity index (χ0v) is 13.8. The molecule has 0 saturated heterocycles. The Kier molecular flexibility index (Phi) is 4.53. The number of nitrogens with zero attached hydrogens (tertiary/aromatic N) is 1. The van der Waals surface area contributed by atoms with Gasteiger partial charge in [-0.15, -0.1) is 0 Å². The smallest absolute Gasteiger partial charge is 0.253 e. The molecule has 0 fully saturated rings. The Morgan fingerprint density at radius 2 is 1.90 bits per heavy atom. The predicted molar refractivity (Wildman–Crippen MR) is 87.8 cm³/mol. The van der Waals surface area contributed by atoms with Crippen LogP contribution in [-0.4, -0.2) is 24.9 Å². The molecule has 0 spiro atoms. The van der Waals surface area contributed by atoms with Crippen LogP contribution in [0.3, 0.4) is 0 Å². The van der Waals surface area contributed by atoms with E-state index in [4.69, 9.17) is 10.5 Å². The Morgan fingerprint density at radius 3 is 2.48 bits per heavy atom. The summed E-state index contributed by atoms with van der Waals surface area (Å²) in [7, 11) is 3.40. The summed E-state index contributed by atoms with van der Waals surface area (Å²) in [4.78, 5) is 13.4. The van der Waals surface area contributed by atoms with Gasteiger partial charge in [-0.05, 0) is 48.9 Å². The summed E-state index contributed by atoms with van der Waals surface area (Å²) in [5.41, 5.74) is 8.02. The Labute approximate surface area is 132 Å². The van der Waals surface area contributed by atoms with E-state index < -0.39 is 0 Å². The fourth-order valence-corrected chi connectivity index (χ4v) is 2.09. The highest BCUT2D eigenvalue weighted by atomic mass is 79.9. The molecule has 0 bridgehead atoms. The first-order valence-electron chi connectivity index (χ1n) is 6.43. The van der Waals surface area contributed by atoms with E-state index in [1.165, 1.54) is 4.90 Å². The molecule has 0 saturated carbocycles. The number of halogens is 1. The normalized spacial score (nSPS) is 10.3. The van der Waals surface area contributed by atoms with E-state index in [-0.39, 0.29) is 5.91 Å². The van der Waals surface area contributed by atoms with E-state index >= 15 is 0 Å². The molecule has 2 rings (SSSR count). The Morgan fingerprint density at radius 1 is 1.19 bits per heavy atom. The van der Waals surface area contributed by atoms with Gasteiger partial charge >= 0.3 is 0 Å². The monoisotopic (exact) mass is 348 g/mol. The number of benzene rings is 2. The standard InChI is InChI=1S/C16H17BrN2O2/c1-10-8-12(5-6-13(10)17)21-15-7-4-11(9-14(15)18)16(20)19(2)3/h4-9H,18H2,1-3H3. The third kappa shape index (κ3) is 3.55. The maximum atomic E-state index is 11.9. The van der Waals surface area contributed by atoms with Crippen molar-refractivity contribution >= 4 is 27.5 Å². The average Bonchev–Trinajstić information content (AvgIpc) is 2.44. The van der Waals surface area contributed by atoms with Gasteiger partial charge in [0.2, 0.25) is 0 Å². The maximum absolute atomic E-state index is 11.9. The number of nitrogen functional groups attached to an aromatic ring is 1. The van der Waals surface area contributed by atoms with E-state index in [0.717, 1.165) is 10.0 Å². The highest BCUT2D eigenvalue weighted by Gasteiger charge is 2.11. The van der Waals surface area contributed by atoms with Crippen LogP contribution in [0.5, 0.6) is 11.5 Å². The van der Waals surface area contributed by atoms with Crippen molar-refractivity contribution in [3.8, 4) is 11.5 Å². The second-order valence-electron chi connectivity index (χ2n) is 4.97. The van der Waals surface area contributed by atoms with E-state index in [0.29, 0.717) is 22.7 Å². The van der Waals surface area contributed by atoms with Crippen LogP contribution in [0.4, 0.5) is 5.69 Å². The molecule has 0 aliphatic rings. The summed E-state index contributed by atoms with van der Waals surface area (Å²) < 4.78 is 6.79. The van der Waals surface area contributed by atoms with Crippen LogP contribution >= 0.6 is 15.9 Å². The highest BCUT2D eigenvalue weighted by molar-refractivity contribution is 9.10. The van der Waals surface area contributed by atoms with Crippen LogP contribution in [0.15, 0.2) is 40.9 Å². The van der Waals surface area contributed by atoms with E-state index in [2.05, 4.69) is 15.9 Å². The van der Waals surface area contributed by atoms with Gasteiger partial charge in [0.05, 0.1) is 5.69 Å². The first-order valence-corrected chi connectivity index (χ1v) is 7.23. The lowest BCUT2D eigenvalue weighted by molar-refractivity contribution is 0.0827. The number of rotatable bonds is 3. The summed E-state index contributed by atoms with van der Waals surface area (Å²) in [6.45, 7) is 1.99. The average molecular weight is 349 g/mol. The van der Waals surface area contributed by atoms with Crippen molar-refractivity contribution < 1.29 is 9.53 Å². The number of hydrogen-bond acceptors (Lipinski definition) is 3. The molecule has 4 nitrogen and oxygen atoms in total. The minimum Gasteiger partial charge on any atom is -0.455 e. The number of anilines is 1. The van der Waals surface area contributed by atoms with Crippen LogP contribution in [-0.2, 0) is 0 Å². The summed E-state index contributed by atoms with van der Waals surface area (Å²) >= 11 is 3.45. The maximum Gasteiger partial charge on any atom is 0.253 e. The van der Waals surface area contributed by atoms with Crippen molar-refractivity contribution in [2.45, 2.75) is 6.92 Å². The molecule has 2 aromatic carbocycles. The van der Waals surface area contributed by atoms with Gasteiger partial charge in [-0.3, -0.25) is 4.79 Å². The third-order valence-electron chi connectivity index (χ3n) is 3.02. The van der Waals surface area contributed by atoms with Crippen LogP contribution in [0.1, 0.15) is 15.9 Å². The molecule has 0 aliphatic heterocycles. The first-order chi connectivity index (χ1) is 9.88. The lowest BCUT2D eigenvalue weighted by Gasteiger charge is -2.13. The van der Waals surface area contributed by atoms with Crippen molar-refractivity contribution in [3.05, 3.63) is 52.0 Å². The van der Waals surface area contributed by atoms with Crippen molar-refractivity contribution in [1.29, 1.82) is 0 Å². The van der Waals surface area contributed by atoms with Gasteiger partial charge in [0.25, 0.3) is 5.91 Å². The van der Waals surface area contributed by atoms with Crippen molar-refractivity contribution in [2.24, 2.45) is 0 Å². The van der Waals surface area contributed by atoms with Gasteiger partial charge < -0.3 is 15.4 Å². The highest BCUT2D eigenvalue weighted by Crippen LogP contribution is 2.30. The van der Waals surface area contributed by atoms with Gasteiger partial charge in [-0.1, -0.05) is 15.9 Å². The number of carbonyl (C=O) groups excluding carboxylic acids is 1. The molecule has 0 heterocycles. The van der Waals surface area contributed by atoms with Gasteiger partial charge in [-0.2, -0.15) is 0 Å². The molecule has 0 aromatic heterocycles. The minimum atomic E-state index is -0.0901. The minimum absolute atomic E-state index is 0.0901. The number of ether oxygens (including phenoxy) is 1. The number of aryl methyl sites for hydroxylation is 1. The third-order valence-corrected chi connectivity index (χ3v) is 3.91. The molecule has 0 unspecified atom stereocenters. The fraction of sp³-hybridized carbons (Fsp3) is 0.188. The number of hydrogen-bond donors (Lipinski definition) is 1. The van der Waals surface area contributed by atoms with Crippen LogP contribution < -0.4 is 10.5 Å². The Bertz CT molecular complexity index is 684. The Hall–Kier alpha value is -2.01.